The molecule has 0 radical (unpaired) electrons. The van der Waals surface area contributed by atoms with E-state index in [0.717, 1.165) is 0 Å². The van der Waals surface area contributed by atoms with Crippen LogP contribution in [0.4, 0.5) is 0 Å². The summed E-state index contributed by atoms with van der Waals surface area (Å²) in [6.07, 6.45) is 3.19. The molecule has 0 saturated carbocycles. The fraction of sp³-hybridized carbons (Fsp3) is 0.333. The summed E-state index contributed by atoms with van der Waals surface area (Å²) in [7, 11) is 0. The average molecular weight is 178 g/mol. The van der Waals surface area contributed by atoms with Crippen LogP contribution in [-0.2, 0) is 4.74 Å². The van der Waals surface area contributed by atoms with E-state index >= 15 is 0 Å². The summed E-state index contributed by atoms with van der Waals surface area (Å²) >= 11 is 0. The SMILES string of the molecule is O=C(NC1COC1)c1cccnc1. The molecule has 1 fully saturated rings. The van der Waals surface area contributed by atoms with Crippen molar-refractivity contribution in [2.24, 2.45) is 0 Å². The number of nitrogens with one attached hydrogen (secondary N) is 1. The lowest BCUT2D eigenvalue weighted by molar-refractivity contribution is -0.00346. The smallest absolute Gasteiger partial charge is 0.253 e. The molecule has 1 N–H and O–H groups in total. The predicted octanol–water partition coefficient (Wildman–Crippen LogP) is 0.210. The van der Waals surface area contributed by atoms with Crippen molar-refractivity contribution in [2.75, 3.05) is 13.2 Å². The first kappa shape index (κ1) is 8.19. The van der Waals surface area contributed by atoms with Gasteiger partial charge in [0.2, 0.25) is 0 Å². The van der Waals surface area contributed by atoms with Gasteiger partial charge in [0, 0.05) is 12.4 Å². The van der Waals surface area contributed by atoms with E-state index in [4.69, 9.17) is 4.74 Å². The summed E-state index contributed by atoms with van der Waals surface area (Å²) < 4.78 is 4.94. The highest BCUT2D eigenvalue weighted by atomic mass is 16.5. The molecule has 13 heavy (non-hydrogen) atoms. The van der Waals surface area contributed by atoms with E-state index in [1.54, 1.807) is 24.5 Å². The van der Waals surface area contributed by atoms with Crippen molar-refractivity contribution in [1.82, 2.24) is 10.3 Å². The Labute approximate surface area is 75.9 Å². The van der Waals surface area contributed by atoms with Gasteiger partial charge in [0.15, 0.2) is 0 Å². The van der Waals surface area contributed by atoms with Crippen LogP contribution in [-0.4, -0.2) is 30.1 Å². The van der Waals surface area contributed by atoms with E-state index in [9.17, 15) is 4.79 Å². The monoisotopic (exact) mass is 178 g/mol. The van der Waals surface area contributed by atoms with E-state index in [2.05, 4.69) is 10.3 Å². The van der Waals surface area contributed by atoms with Gasteiger partial charge in [-0.15, -0.1) is 0 Å². The lowest BCUT2D eigenvalue weighted by Gasteiger charge is -2.26. The number of hydrogen-bond donors (Lipinski definition) is 1. The number of amides is 1. The summed E-state index contributed by atoms with van der Waals surface area (Å²) in [5.74, 6) is -0.0820. The Bertz CT molecular complexity index is 296. The Hall–Kier alpha value is -1.42. The standard InChI is InChI=1S/C9H10N2O2/c12-9(11-8-5-13-6-8)7-2-1-3-10-4-7/h1-4,8H,5-6H2,(H,11,12). The Balaban J connectivity index is 1.97. The van der Waals surface area contributed by atoms with Crippen LogP contribution in [0.2, 0.25) is 0 Å². The summed E-state index contributed by atoms with van der Waals surface area (Å²) in [6, 6.07) is 3.65. The summed E-state index contributed by atoms with van der Waals surface area (Å²) in [6.45, 7) is 1.23. The van der Waals surface area contributed by atoms with Crippen LogP contribution in [0.25, 0.3) is 0 Å². The van der Waals surface area contributed by atoms with Gasteiger partial charge >= 0.3 is 0 Å². The predicted molar refractivity (Wildman–Crippen MR) is 46.3 cm³/mol. The maximum Gasteiger partial charge on any atom is 0.253 e. The topological polar surface area (TPSA) is 51.2 Å². The number of pyridine rings is 1. The van der Waals surface area contributed by atoms with Gasteiger partial charge in [-0.2, -0.15) is 0 Å². The molecule has 0 spiro atoms. The second-order valence-corrected chi connectivity index (χ2v) is 2.95. The molecule has 0 unspecified atom stereocenters. The first-order chi connectivity index (χ1) is 6.36. The van der Waals surface area contributed by atoms with Gasteiger partial charge in [0.05, 0.1) is 24.8 Å². The first-order valence-electron chi connectivity index (χ1n) is 4.15. The lowest BCUT2D eigenvalue weighted by atomic mass is 10.2. The molecule has 1 saturated heterocycles. The highest BCUT2D eigenvalue weighted by Crippen LogP contribution is 2.02. The highest BCUT2D eigenvalue weighted by Gasteiger charge is 2.20. The van der Waals surface area contributed by atoms with Crippen molar-refractivity contribution in [3.8, 4) is 0 Å². The fourth-order valence-corrected chi connectivity index (χ4v) is 1.08. The molecular weight excluding hydrogens is 168 g/mol. The zero-order chi connectivity index (χ0) is 9.10. The third-order valence-corrected chi connectivity index (χ3v) is 1.90. The number of carbonyl (C=O) groups is 1. The fourth-order valence-electron chi connectivity index (χ4n) is 1.08. The van der Waals surface area contributed by atoms with Gasteiger partial charge < -0.3 is 10.1 Å². The molecule has 2 heterocycles. The minimum absolute atomic E-state index is 0.0820. The number of rotatable bonds is 2. The van der Waals surface area contributed by atoms with Crippen molar-refractivity contribution >= 4 is 5.91 Å². The molecule has 0 aromatic carbocycles. The molecule has 4 nitrogen and oxygen atoms in total. The van der Waals surface area contributed by atoms with Crippen LogP contribution >= 0.6 is 0 Å². The Kier molecular flexibility index (Phi) is 2.23. The molecule has 1 amide bonds. The lowest BCUT2D eigenvalue weighted by Crippen LogP contribution is -2.48. The number of aromatic nitrogens is 1. The Morgan fingerprint density at radius 3 is 3.00 bits per heavy atom. The minimum atomic E-state index is -0.0820. The molecule has 1 aliphatic heterocycles. The molecule has 0 atom stereocenters. The maximum absolute atomic E-state index is 11.4. The van der Waals surface area contributed by atoms with Crippen molar-refractivity contribution in [3.63, 3.8) is 0 Å². The Morgan fingerprint density at radius 1 is 1.62 bits per heavy atom. The van der Waals surface area contributed by atoms with Crippen LogP contribution in [0.5, 0.6) is 0 Å². The molecule has 1 aromatic heterocycles. The van der Waals surface area contributed by atoms with E-state index in [1.165, 1.54) is 0 Å². The third kappa shape index (κ3) is 1.84. The largest absolute Gasteiger partial charge is 0.377 e. The van der Waals surface area contributed by atoms with Crippen LogP contribution in [0.15, 0.2) is 24.5 Å². The first-order valence-corrected chi connectivity index (χ1v) is 4.15. The normalized spacial score (nSPS) is 16.3. The quantitative estimate of drug-likeness (QED) is 0.704. The second-order valence-electron chi connectivity index (χ2n) is 2.95. The van der Waals surface area contributed by atoms with Crippen molar-refractivity contribution in [2.45, 2.75) is 6.04 Å². The number of nitrogens with zero attached hydrogens (tertiary/aromatic N) is 1. The van der Waals surface area contributed by atoms with Gasteiger partial charge in [0.25, 0.3) is 5.91 Å². The van der Waals surface area contributed by atoms with Gasteiger partial charge in [-0.25, -0.2) is 0 Å². The third-order valence-electron chi connectivity index (χ3n) is 1.90. The molecular formula is C9H10N2O2. The molecule has 4 heteroatoms. The molecule has 1 aromatic rings. The molecule has 1 aliphatic rings. The van der Waals surface area contributed by atoms with Gasteiger partial charge in [-0.1, -0.05) is 0 Å². The number of hydrogen-bond acceptors (Lipinski definition) is 3. The molecule has 68 valence electrons. The van der Waals surface area contributed by atoms with Crippen molar-refractivity contribution in [3.05, 3.63) is 30.1 Å². The Morgan fingerprint density at radius 2 is 2.46 bits per heavy atom. The number of carbonyl (C=O) groups excluding carboxylic acids is 1. The summed E-state index contributed by atoms with van der Waals surface area (Å²) in [5.41, 5.74) is 0.592. The van der Waals surface area contributed by atoms with Crippen LogP contribution in [0, 0.1) is 0 Å². The highest BCUT2D eigenvalue weighted by molar-refractivity contribution is 5.94. The van der Waals surface area contributed by atoms with Crippen LogP contribution < -0.4 is 5.32 Å². The zero-order valence-electron chi connectivity index (χ0n) is 7.06. The summed E-state index contributed by atoms with van der Waals surface area (Å²) in [5, 5.41) is 2.83. The maximum atomic E-state index is 11.4. The average Bonchev–Trinajstić information content (AvgIpc) is 2.12. The van der Waals surface area contributed by atoms with Crippen LogP contribution in [0.3, 0.4) is 0 Å². The zero-order valence-corrected chi connectivity index (χ0v) is 7.06. The van der Waals surface area contributed by atoms with E-state index in [1.807, 2.05) is 0 Å². The van der Waals surface area contributed by atoms with Gasteiger partial charge in [-0.3, -0.25) is 9.78 Å². The van der Waals surface area contributed by atoms with Gasteiger partial charge in [0.1, 0.15) is 0 Å². The molecule has 0 aliphatic carbocycles. The molecule has 2 rings (SSSR count). The van der Waals surface area contributed by atoms with E-state index in [-0.39, 0.29) is 11.9 Å². The number of ether oxygens (including phenoxy) is 1. The van der Waals surface area contributed by atoms with Crippen LogP contribution in [0.1, 0.15) is 10.4 Å². The molecule has 0 bridgehead atoms. The van der Waals surface area contributed by atoms with E-state index < -0.39 is 0 Å². The van der Waals surface area contributed by atoms with Crippen molar-refractivity contribution < 1.29 is 9.53 Å². The summed E-state index contributed by atoms with van der Waals surface area (Å²) in [4.78, 5) is 15.3. The van der Waals surface area contributed by atoms with Crippen molar-refractivity contribution in [1.29, 1.82) is 0 Å². The second kappa shape index (κ2) is 3.53. The van der Waals surface area contributed by atoms with E-state index in [0.29, 0.717) is 18.8 Å². The van der Waals surface area contributed by atoms with Gasteiger partial charge in [-0.05, 0) is 12.1 Å². The minimum Gasteiger partial charge on any atom is -0.377 e.